The van der Waals surface area contributed by atoms with Crippen molar-refractivity contribution in [2.45, 2.75) is 31.8 Å². The first-order chi connectivity index (χ1) is 18.0. The number of nitrogens with one attached hydrogen (secondary N) is 1. The molecule has 37 heavy (non-hydrogen) atoms. The minimum Gasteiger partial charge on any atom is -0.459 e. The monoisotopic (exact) mass is 493 g/mol. The summed E-state index contributed by atoms with van der Waals surface area (Å²) in [6.07, 6.45) is 6.71. The number of hydrogen-bond acceptors (Lipinski definition) is 5. The lowest BCUT2D eigenvalue weighted by atomic mass is 9.95. The van der Waals surface area contributed by atoms with E-state index < -0.39 is 6.04 Å². The fraction of sp³-hybridized carbons (Fsp3) is 0.241. The lowest BCUT2D eigenvalue weighted by Gasteiger charge is -2.34. The number of benzene rings is 2. The van der Waals surface area contributed by atoms with E-state index in [-0.39, 0.29) is 17.6 Å². The van der Waals surface area contributed by atoms with E-state index in [1.165, 1.54) is 0 Å². The van der Waals surface area contributed by atoms with Crippen LogP contribution in [0, 0.1) is 0 Å². The molecule has 1 N–H and O–H groups in total. The van der Waals surface area contributed by atoms with Crippen molar-refractivity contribution in [1.29, 1.82) is 0 Å². The Morgan fingerprint density at radius 2 is 1.86 bits per heavy atom. The molecule has 186 valence electrons. The Morgan fingerprint density at radius 1 is 1.05 bits per heavy atom. The average molecular weight is 494 g/mol. The van der Waals surface area contributed by atoms with Crippen LogP contribution in [0.5, 0.6) is 0 Å². The summed E-state index contributed by atoms with van der Waals surface area (Å²) in [4.78, 5) is 37.2. The standard InChI is InChI=1S/C29H27N5O3/c1-30-28(35)25-16-21-20-5-3-4-6-24(20)33(2)26(21)17-34(25)29(36)27-19(11-14-37-27)9-7-18-8-10-22-23(15-18)32-13-12-31-22/h3-6,8,10-15,25H,7,9,16-17H2,1-2H3,(H,30,35)/t25-/m1/s1. The number of carbonyl (C=O) groups is 2. The van der Waals surface area contributed by atoms with Crippen LogP contribution in [0.15, 0.2) is 71.6 Å². The van der Waals surface area contributed by atoms with Gasteiger partial charge in [-0.15, -0.1) is 0 Å². The number of hydrogen-bond donors (Lipinski definition) is 1. The average Bonchev–Trinajstić information content (AvgIpc) is 3.53. The van der Waals surface area contributed by atoms with Crippen LogP contribution in [0.1, 0.15) is 32.9 Å². The van der Waals surface area contributed by atoms with Crippen molar-refractivity contribution in [2.24, 2.45) is 7.05 Å². The largest absolute Gasteiger partial charge is 0.459 e. The van der Waals surface area contributed by atoms with Gasteiger partial charge in [-0.2, -0.15) is 0 Å². The molecule has 6 rings (SSSR count). The van der Waals surface area contributed by atoms with Crippen molar-refractivity contribution in [1.82, 2.24) is 24.8 Å². The predicted octanol–water partition coefficient (Wildman–Crippen LogP) is 3.81. The third-order valence-corrected chi connectivity index (χ3v) is 7.41. The maximum Gasteiger partial charge on any atom is 0.290 e. The third kappa shape index (κ3) is 3.94. The van der Waals surface area contributed by atoms with Gasteiger partial charge in [0.25, 0.3) is 5.91 Å². The molecule has 2 amide bonds. The predicted molar refractivity (Wildman–Crippen MR) is 140 cm³/mol. The number of nitrogens with zero attached hydrogens (tertiary/aromatic N) is 4. The van der Waals surface area contributed by atoms with Crippen LogP contribution in [0.25, 0.3) is 21.9 Å². The molecule has 0 fully saturated rings. The molecule has 1 aliphatic heterocycles. The Labute approximate surface area is 213 Å². The van der Waals surface area contributed by atoms with Crippen molar-refractivity contribution >= 4 is 33.8 Å². The SMILES string of the molecule is CNC(=O)[C@H]1Cc2c(n(C)c3ccccc23)CN1C(=O)c1occc1CCc1ccc2nccnc2c1. The Kier molecular flexibility index (Phi) is 5.71. The summed E-state index contributed by atoms with van der Waals surface area (Å²) in [5, 5.41) is 3.87. The highest BCUT2D eigenvalue weighted by Crippen LogP contribution is 2.33. The van der Waals surface area contributed by atoms with Gasteiger partial charge < -0.3 is 19.2 Å². The van der Waals surface area contributed by atoms with Gasteiger partial charge in [-0.05, 0) is 48.2 Å². The summed E-state index contributed by atoms with van der Waals surface area (Å²) >= 11 is 0. The molecule has 8 heteroatoms. The van der Waals surface area contributed by atoms with Crippen LogP contribution in [-0.4, -0.2) is 44.3 Å². The van der Waals surface area contributed by atoms with Crippen LogP contribution >= 0.6 is 0 Å². The molecule has 0 bridgehead atoms. The van der Waals surface area contributed by atoms with Crippen LogP contribution in [0.4, 0.5) is 0 Å². The smallest absolute Gasteiger partial charge is 0.290 e. The van der Waals surface area contributed by atoms with Gasteiger partial charge in [0.15, 0.2) is 5.76 Å². The molecule has 1 aliphatic rings. The van der Waals surface area contributed by atoms with Crippen molar-refractivity contribution in [3.05, 3.63) is 95.3 Å². The maximum atomic E-state index is 13.9. The van der Waals surface area contributed by atoms with Crippen molar-refractivity contribution in [3.8, 4) is 0 Å². The minimum atomic E-state index is -0.618. The number of para-hydroxylation sites is 1. The first-order valence-electron chi connectivity index (χ1n) is 12.4. The molecule has 3 aromatic heterocycles. The number of rotatable bonds is 5. The van der Waals surface area contributed by atoms with Gasteiger partial charge >= 0.3 is 0 Å². The molecule has 0 saturated carbocycles. The summed E-state index contributed by atoms with van der Waals surface area (Å²) in [5.74, 6) is -0.164. The van der Waals surface area contributed by atoms with E-state index in [9.17, 15) is 9.59 Å². The second-order valence-electron chi connectivity index (χ2n) is 9.42. The topological polar surface area (TPSA) is 93.3 Å². The van der Waals surface area contributed by atoms with Crippen LogP contribution in [-0.2, 0) is 37.6 Å². The number of aryl methyl sites for hydroxylation is 3. The molecule has 0 spiro atoms. The van der Waals surface area contributed by atoms with Crippen LogP contribution in [0.3, 0.4) is 0 Å². The molecule has 1 atom stereocenters. The van der Waals surface area contributed by atoms with E-state index in [1.54, 1.807) is 30.6 Å². The summed E-state index contributed by atoms with van der Waals surface area (Å²) in [7, 11) is 3.62. The summed E-state index contributed by atoms with van der Waals surface area (Å²) in [6, 6.07) is 15.4. The van der Waals surface area contributed by atoms with Crippen molar-refractivity contribution in [3.63, 3.8) is 0 Å². The van der Waals surface area contributed by atoms with Gasteiger partial charge in [0.05, 0.1) is 23.8 Å². The van der Waals surface area contributed by atoms with E-state index in [4.69, 9.17) is 4.42 Å². The summed E-state index contributed by atoms with van der Waals surface area (Å²) in [5.41, 5.74) is 6.88. The highest BCUT2D eigenvalue weighted by Gasteiger charge is 2.38. The summed E-state index contributed by atoms with van der Waals surface area (Å²) in [6.45, 7) is 0.334. The number of amides is 2. The lowest BCUT2D eigenvalue weighted by Crippen LogP contribution is -2.52. The summed E-state index contributed by atoms with van der Waals surface area (Å²) < 4.78 is 7.85. The Balaban J connectivity index is 1.29. The highest BCUT2D eigenvalue weighted by atomic mass is 16.3. The molecule has 8 nitrogen and oxygen atoms in total. The maximum absolute atomic E-state index is 13.9. The van der Waals surface area contributed by atoms with Crippen molar-refractivity contribution in [2.75, 3.05) is 7.05 Å². The van der Waals surface area contributed by atoms with E-state index in [1.807, 2.05) is 43.4 Å². The van der Waals surface area contributed by atoms with Gasteiger partial charge in [0.1, 0.15) is 6.04 Å². The molecule has 5 aromatic rings. The molecule has 0 radical (unpaired) electrons. The third-order valence-electron chi connectivity index (χ3n) is 7.41. The van der Waals surface area contributed by atoms with Gasteiger partial charge in [-0.25, -0.2) is 0 Å². The Morgan fingerprint density at radius 3 is 2.70 bits per heavy atom. The second kappa shape index (κ2) is 9.20. The fourth-order valence-corrected chi connectivity index (χ4v) is 5.44. The van der Waals surface area contributed by atoms with Crippen LogP contribution in [0.2, 0.25) is 0 Å². The lowest BCUT2D eigenvalue weighted by molar-refractivity contribution is -0.125. The van der Waals surface area contributed by atoms with Crippen molar-refractivity contribution < 1.29 is 14.0 Å². The zero-order chi connectivity index (χ0) is 25.5. The van der Waals surface area contributed by atoms with Gasteiger partial charge in [-0.3, -0.25) is 19.6 Å². The quantitative estimate of drug-likeness (QED) is 0.402. The normalized spacial score (nSPS) is 15.2. The minimum absolute atomic E-state index is 0.183. The molecule has 0 saturated heterocycles. The number of aromatic nitrogens is 3. The van der Waals surface area contributed by atoms with Gasteiger partial charge in [0, 0.05) is 55.1 Å². The zero-order valence-corrected chi connectivity index (χ0v) is 20.8. The molecular formula is C29H27N5O3. The first-order valence-corrected chi connectivity index (χ1v) is 12.4. The zero-order valence-electron chi connectivity index (χ0n) is 20.8. The molecule has 0 aliphatic carbocycles. The fourth-order valence-electron chi connectivity index (χ4n) is 5.44. The highest BCUT2D eigenvalue weighted by molar-refractivity contribution is 5.98. The van der Waals surface area contributed by atoms with E-state index in [0.717, 1.165) is 50.7 Å². The molecule has 4 heterocycles. The number of fused-ring (bicyclic) bond motifs is 4. The van der Waals surface area contributed by atoms with E-state index in [2.05, 4.69) is 32.0 Å². The Bertz CT molecular complexity index is 1650. The van der Waals surface area contributed by atoms with Gasteiger partial charge in [0.2, 0.25) is 5.91 Å². The second-order valence-corrected chi connectivity index (χ2v) is 9.42. The van der Waals surface area contributed by atoms with E-state index >= 15 is 0 Å². The molecule has 2 aromatic carbocycles. The Hall–Kier alpha value is -4.46. The number of furan rings is 1. The van der Waals surface area contributed by atoms with Crippen LogP contribution < -0.4 is 5.32 Å². The molecular weight excluding hydrogens is 466 g/mol. The number of carbonyl (C=O) groups excluding carboxylic acids is 2. The van der Waals surface area contributed by atoms with E-state index in [0.29, 0.717) is 19.4 Å². The number of likely N-dealkylation sites (N-methyl/N-ethyl adjacent to an activating group) is 1. The molecule has 0 unspecified atom stereocenters. The first kappa shape index (κ1) is 23.0. The van der Waals surface area contributed by atoms with Gasteiger partial charge in [-0.1, -0.05) is 24.3 Å².